The van der Waals surface area contributed by atoms with Crippen LogP contribution in [-0.4, -0.2) is 94.2 Å². The largest absolute Gasteiger partial charge is 0.361 e. The van der Waals surface area contributed by atoms with Crippen LogP contribution in [0.2, 0.25) is 0 Å². The molecule has 2 fully saturated rings. The van der Waals surface area contributed by atoms with Crippen molar-refractivity contribution in [3.8, 4) is 22.3 Å². The first-order valence-corrected chi connectivity index (χ1v) is 19.2. The Labute approximate surface area is 295 Å². The Morgan fingerprint density at radius 1 is 0.542 bits per heavy atom. The third-order valence-corrected chi connectivity index (χ3v) is 12.4. The molecular formula is C38H52N6O2S2. The minimum atomic E-state index is 0.887. The molecule has 0 aliphatic carbocycles. The van der Waals surface area contributed by atoms with Crippen molar-refractivity contribution in [2.24, 2.45) is 0 Å². The maximum absolute atomic E-state index is 5.42. The number of hydrogen-bond donors (Lipinski definition) is 0. The lowest BCUT2D eigenvalue weighted by Crippen LogP contribution is -2.43. The monoisotopic (exact) mass is 688 g/mol. The number of nitrogens with zero attached hydrogens (tertiary/aromatic N) is 6. The van der Waals surface area contributed by atoms with E-state index in [9.17, 15) is 0 Å². The van der Waals surface area contributed by atoms with Crippen LogP contribution >= 0.6 is 23.9 Å². The number of aryl methyl sites for hydroxylation is 6. The summed E-state index contributed by atoms with van der Waals surface area (Å²) in [6.45, 7) is 23.9. The summed E-state index contributed by atoms with van der Waals surface area (Å²) < 4.78 is 15.9. The molecule has 2 aliphatic rings. The van der Waals surface area contributed by atoms with E-state index in [1.54, 1.807) is 0 Å². The third-order valence-electron chi connectivity index (χ3n) is 9.84. The van der Waals surface area contributed by atoms with Gasteiger partial charge in [0, 0.05) is 73.3 Å². The van der Waals surface area contributed by atoms with Gasteiger partial charge < -0.3 is 18.8 Å². The number of hydrogen-bond acceptors (Lipinski definition) is 10. The molecule has 0 radical (unpaired) electrons. The second-order valence-electron chi connectivity index (χ2n) is 13.5. The van der Waals surface area contributed by atoms with Crippen LogP contribution in [0.1, 0.15) is 59.7 Å². The van der Waals surface area contributed by atoms with E-state index in [1.165, 1.54) is 70.8 Å². The average molecular weight is 689 g/mol. The Morgan fingerprint density at radius 3 is 1.29 bits per heavy atom. The minimum absolute atomic E-state index is 0.887. The molecule has 0 saturated carbocycles. The summed E-state index contributed by atoms with van der Waals surface area (Å²) in [5.41, 5.74) is 9.20. The van der Waals surface area contributed by atoms with Crippen LogP contribution in [0, 0.1) is 41.5 Å². The fourth-order valence-corrected chi connectivity index (χ4v) is 8.92. The van der Waals surface area contributed by atoms with Crippen molar-refractivity contribution >= 4 is 23.9 Å². The highest BCUT2D eigenvalue weighted by molar-refractivity contribution is 7.97. The van der Waals surface area contributed by atoms with E-state index in [4.69, 9.17) is 9.05 Å². The Morgan fingerprint density at radius 2 is 0.938 bits per heavy atom. The lowest BCUT2D eigenvalue weighted by atomic mass is 10.0. The van der Waals surface area contributed by atoms with Crippen LogP contribution in [0.4, 0.5) is 0 Å². The van der Waals surface area contributed by atoms with Gasteiger partial charge in [0.1, 0.15) is 11.5 Å². The van der Waals surface area contributed by atoms with Gasteiger partial charge in [-0.25, -0.2) is 8.61 Å². The first-order chi connectivity index (χ1) is 23.2. The Kier molecular flexibility index (Phi) is 12.0. The molecule has 0 atom stereocenters. The average Bonchev–Trinajstić information content (AvgIpc) is 3.61. The van der Waals surface area contributed by atoms with Crippen LogP contribution in [-0.2, 0) is 0 Å². The molecule has 10 heteroatoms. The van der Waals surface area contributed by atoms with Gasteiger partial charge in [0.05, 0.1) is 11.4 Å². The Balaban J connectivity index is 0.845. The zero-order chi connectivity index (χ0) is 33.6. The minimum Gasteiger partial charge on any atom is -0.361 e. The molecule has 2 aromatic carbocycles. The smallest absolute Gasteiger partial charge is 0.141 e. The molecule has 4 heterocycles. The standard InChI is InChI=1S/C38H52N6O2S2/c1-27-11-13-33(37-29(3)39-45-31(37)5)25-35(27)47-43-21-17-41(18-22-43)15-9-7-8-10-16-42-19-23-44(24-20-42)48-36-26-34(14-12-28(36)2)38-30(4)40-46-32(38)6/h11-14,25-26H,7-10,15-24H2,1-6H3. The molecule has 258 valence electrons. The quantitative estimate of drug-likeness (QED) is 0.101. The number of piperazine rings is 2. The van der Waals surface area contributed by atoms with Gasteiger partial charge in [-0.15, -0.1) is 0 Å². The zero-order valence-corrected chi connectivity index (χ0v) is 31.3. The maximum Gasteiger partial charge on any atom is 0.141 e. The van der Waals surface area contributed by atoms with Crippen molar-refractivity contribution in [1.29, 1.82) is 0 Å². The van der Waals surface area contributed by atoms with Crippen molar-refractivity contribution in [3.63, 3.8) is 0 Å². The van der Waals surface area contributed by atoms with E-state index in [2.05, 4.69) is 79.0 Å². The van der Waals surface area contributed by atoms with Gasteiger partial charge in [0.15, 0.2) is 0 Å². The lowest BCUT2D eigenvalue weighted by molar-refractivity contribution is 0.186. The van der Waals surface area contributed by atoms with Crippen molar-refractivity contribution in [1.82, 2.24) is 28.7 Å². The van der Waals surface area contributed by atoms with Crippen molar-refractivity contribution in [2.45, 2.75) is 77.0 Å². The molecule has 0 unspecified atom stereocenters. The predicted octanol–water partition coefficient (Wildman–Crippen LogP) is 8.36. The number of benzene rings is 2. The summed E-state index contributed by atoms with van der Waals surface area (Å²) in [5.74, 6) is 1.77. The summed E-state index contributed by atoms with van der Waals surface area (Å²) in [4.78, 5) is 7.98. The summed E-state index contributed by atoms with van der Waals surface area (Å²) in [5, 5.41) is 8.31. The molecule has 6 rings (SSSR count). The second-order valence-corrected chi connectivity index (χ2v) is 15.8. The number of aromatic nitrogens is 2. The topological polar surface area (TPSA) is 65.0 Å². The second kappa shape index (κ2) is 16.4. The zero-order valence-electron chi connectivity index (χ0n) is 29.7. The maximum atomic E-state index is 5.42. The van der Waals surface area contributed by atoms with E-state index in [1.807, 2.05) is 51.6 Å². The van der Waals surface area contributed by atoms with Gasteiger partial charge in [0.2, 0.25) is 0 Å². The van der Waals surface area contributed by atoms with E-state index in [0.717, 1.165) is 86.4 Å². The van der Waals surface area contributed by atoms with Gasteiger partial charge in [0.25, 0.3) is 0 Å². The highest BCUT2D eigenvalue weighted by Crippen LogP contribution is 2.35. The highest BCUT2D eigenvalue weighted by atomic mass is 32.2. The first-order valence-electron chi connectivity index (χ1n) is 17.6. The fourth-order valence-electron chi connectivity index (χ4n) is 6.89. The number of unbranched alkanes of at least 4 members (excludes halogenated alkanes) is 3. The molecule has 0 amide bonds. The molecule has 2 aliphatic heterocycles. The van der Waals surface area contributed by atoms with E-state index >= 15 is 0 Å². The van der Waals surface area contributed by atoms with E-state index < -0.39 is 0 Å². The molecular weight excluding hydrogens is 637 g/mol. The summed E-state index contributed by atoms with van der Waals surface area (Å²) in [7, 11) is 0. The van der Waals surface area contributed by atoms with Gasteiger partial charge in [-0.3, -0.25) is 0 Å². The van der Waals surface area contributed by atoms with Gasteiger partial charge in [-0.1, -0.05) is 47.4 Å². The van der Waals surface area contributed by atoms with Crippen LogP contribution in [0.3, 0.4) is 0 Å². The molecule has 4 aromatic rings. The molecule has 2 saturated heterocycles. The van der Waals surface area contributed by atoms with Crippen LogP contribution < -0.4 is 0 Å². The molecule has 8 nitrogen and oxygen atoms in total. The predicted molar refractivity (Wildman–Crippen MR) is 199 cm³/mol. The van der Waals surface area contributed by atoms with Crippen LogP contribution in [0.15, 0.2) is 55.2 Å². The Hall–Kier alpha value is -2.60. The highest BCUT2D eigenvalue weighted by Gasteiger charge is 2.21. The molecule has 48 heavy (non-hydrogen) atoms. The fraction of sp³-hybridized carbons (Fsp3) is 0.526. The third kappa shape index (κ3) is 8.76. The van der Waals surface area contributed by atoms with Crippen molar-refractivity contribution in [3.05, 3.63) is 70.4 Å². The van der Waals surface area contributed by atoms with Gasteiger partial charge in [-0.05, 0) is 126 Å². The summed E-state index contributed by atoms with van der Waals surface area (Å²) in [6.07, 6.45) is 5.28. The van der Waals surface area contributed by atoms with E-state index in [0.29, 0.717) is 0 Å². The molecule has 0 spiro atoms. The Bertz CT molecular complexity index is 1490. The van der Waals surface area contributed by atoms with Gasteiger partial charge >= 0.3 is 0 Å². The molecule has 0 bridgehead atoms. The lowest BCUT2D eigenvalue weighted by Gasteiger charge is -2.34. The normalized spacial score (nSPS) is 17.0. The summed E-state index contributed by atoms with van der Waals surface area (Å²) in [6, 6.07) is 13.4. The summed E-state index contributed by atoms with van der Waals surface area (Å²) >= 11 is 3.82. The first kappa shape index (κ1) is 35.2. The number of rotatable bonds is 13. The molecule has 0 N–H and O–H groups in total. The SMILES string of the molecule is Cc1ccc(-c2c(C)noc2C)cc1SN1CCN(CCCCCCN2CCN(Sc3cc(-c4c(C)noc4C)ccc3C)CC2)CC1. The van der Waals surface area contributed by atoms with Crippen molar-refractivity contribution in [2.75, 3.05) is 65.4 Å². The molecule has 2 aromatic heterocycles. The van der Waals surface area contributed by atoms with E-state index in [-0.39, 0.29) is 0 Å². The van der Waals surface area contributed by atoms with Crippen molar-refractivity contribution < 1.29 is 9.05 Å². The van der Waals surface area contributed by atoms with Gasteiger partial charge in [-0.2, -0.15) is 0 Å². The van der Waals surface area contributed by atoms with Crippen LogP contribution in [0.25, 0.3) is 22.3 Å². The van der Waals surface area contributed by atoms with Crippen LogP contribution in [0.5, 0.6) is 0 Å².